The summed E-state index contributed by atoms with van der Waals surface area (Å²) >= 11 is 0. The van der Waals surface area contributed by atoms with Gasteiger partial charge in [-0.05, 0) is 12.5 Å². The van der Waals surface area contributed by atoms with Gasteiger partial charge in [0, 0.05) is 8.07 Å². The van der Waals surface area contributed by atoms with Crippen molar-refractivity contribution in [2.24, 2.45) is 0 Å². The first-order chi connectivity index (χ1) is 8.80. The second-order valence-corrected chi connectivity index (χ2v) is 11.4. The van der Waals surface area contributed by atoms with Gasteiger partial charge in [-0.1, -0.05) is 39.4 Å². The summed E-state index contributed by atoms with van der Waals surface area (Å²) in [6.45, 7) is 9.08. The fraction of sp³-hybridized carbons (Fsp3) is 0.846. The van der Waals surface area contributed by atoms with Crippen LogP contribution < -0.4 is 5.32 Å². The highest BCUT2D eigenvalue weighted by Gasteiger charge is 2.22. The molecule has 0 aromatic heterocycles. The zero-order chi connectivity index (χ0) is 14.9. The molecule has 0 unspecified atom stereocenters. The first-order valence-electron chi connectivity index (χ1n) is 6.81. The van der Waals surface area contributed by atoms with Crippen LogP contribution in [-0.2, 0) is 14.3 Å². The molecule has 0 aliphatic carbocycles. The minimum Gasteiger partial charge on any atom is -0.467 e. The first-order valence-corrected chi connectivity index (χ1v) is 10.5. The Kier molecular flexibility index (Phi) is 8.46. The van der Waals surface area contributed by atoms with E-state index in [0.717, 1.165) is 18.9 Å². The van der Waals surface area contributed by atoms with E-state index in [-0.39, 0.29) is 0 Å². The van der Waals surface area contributed by atoms with Crippen molar-refractivity contribution in [2.75, 3.05) is 13.7 Å². The Bertz CT molecular complexity index is 289. The maximum atomic E-state index is 11.6. The molecule has 6 heteroatoms. The largest absolute Gasteiger partial charge is 0.467 e. The fourth-order valence-electron chi connectivity index (χ4n) is 1.43. The molecule has 0 aromatic rings. The highest BCUT2D eigenvalue weighted by atomic mass is 28.3. The van der Waals surface area contributed by atoms with Crippen molar-refractivity contribution in [1.29, 1.82) is 0 Å². The minimum absolute atomic E-state index is 0.406. The number of hydrogen-bond donors (Lipinski definition) is 1. The van der Waals surface area contributed by atoms with Gasteiger partial charge in [0.2, 0.25) is 0 Å². The molecule has 0 aromatic carbocycles. The van der Waals surface area contributed by atoms with Crippen LogP contribution >= 0.6 is 0 Å². The third kappa shape index (κ3) is 9.52. The predicted octanol–water partition coefficient (Wildman–Crippen LogP) is 2.78. The number of ether oxygens (including phenoxy) is 2. The Morgan fingerprint density at radius 3 is 2.37 bits per heavy atom. The van der Waals surface area contributed by atoms with Gasteiger partial charge in [0.1, 0.15) is 6.04 Å². The van der Waals surface area contributed by atoms with Crippen molar-refractivity contribution in [3.05, 3.63) is 0 Å². The molecule has 1 amide bonds. The number of carbonyl (C=O) groups excluding carboxylic acids is 2. The van der Waals surface area contributed by atoms with Gasteiger partial charge >= 0.3 is 12.1 Å². The summed E-state index contributed by atoms with van der Waals surface area (Å²) in [5.41, 5.74) is 0. The number of nitrogens with one attached hydrogen (secondary N) is 1. The van der Waals surface area contributed by atoms with E-state index in [4.69, 9.17) is 4.74 Å². The van der Waals surface area contributed by atoms with Gasteiger partial charge in [-0.2, -0.15) is 0 Å². The molecule has 19 heavy (non-hydrogen) atoms. The van der Waals surface area contributed by atoms with Gasteiger partial charge < -0.3 is 14.8 Å². The van der Waals surface area contributed by atoms with Crippen LogP contribution in [-0.4, -0.2) is 39.9 Å². The summed E-state index contributed by atoms with van der Waals surface area (Å²) in [4.78, 5) is 23.1. The van der Waals surface area contributed by atoms with E-state index in [1.165, 1.54) is 7.11 Å². The molecular formula is C13H27NO4Si. The van der Waals surface area contributed by atoms with E-state index in [1.807, 2.05) is 6.92 Å². The predicted molar refractivity (Wildman–Crippen MR) is 78.0 cm³/mol. The summed E-state index contributed by atoms with van der Waals surface area (Å²) in [5, 5.41) is 2.57. The summed E-state index contributed by atoms with van der Waals surface area (Å²) in [5.74, 6) is -0.421. The van der Waals surface area contributed by atoms with Crippen LogP contribution in [0.4, 0.5) is 4.79 Å². The molecule has 112 valence electrons. The molecule has 0 rings (SSSR count). The van der Waals surface area contributed by atoms with E-state index >= 15 is 0 Å². The van der Waals surface area contributed by atoms with Crippen molar-refractivity contribution in [1.82, 2.24) is 5.32 Å². The Labute approximate surface area is 117 Å². The third-order valence-electron chi connectivity index (χ3n) is 2.71. The van der Waals surface area contributed by atoms with E-state index in [9.17, 15) is 9.59 Å². The van der Waals surface area contributed by atoms with Crippen LogP contribution in [0.3, 0.4) is 0 Å². The Balaban J connectivity index is 4.12. The van der Waals surface area contributed by atoms with Crippen LogP contribution in [0.5, 0.6) is 0 Å². The lowest BCUT2D eigenvalue weighted by atomic mass is 10.1. The van der Waals surface area contributed by atoms with Crippen molar-refractivity contribution < 1.29 is 19.1 Å². The van der Waals surface area contributed by atoms with Crippen molar-refractivity contribution >= 4 is 20.1 Å². The van der Waals surface area contributed by atoms with E-state index in [1.54, 1.807) is 0 Å². The van der Waals surface area contributed by atoms with Crippen molar-refractivity contribution in [3.63, 3.8) is 0 Å². The lowest BCUT2D eigenvalue weighted by Gasteiger charge is -2.18. The number of amides is 1. The van der Waals surface area contributed by atoms with Crippen LogP contribution in [0.1, 0.15) is 26.2 Å². The molecule has 5 nitrogen and oxygen atoms in total. The zero-order valence-corrected chi connectivity index (χ0v) is 13.7. The molecule has 0 aliphatic rings. The van der Waals surface area contributed by atoms with Crippen molar-refractivity contribution in [2.45, 2.75) is 57.9 Å². The Morgan fingerprint density at radius 2 is 1.89 bits per heavy atom. The number of methoxy groups -OCH3 is 1. The van der Waals surface area contributed by atoms with Gasteiger partial charge in [-0.3, -0.25) is 0 Å². The maximum absolute atomic E-state index is 11.6. The van der Waals surface area contributed by atoms with Crippen LogP contribution in [0, 0.1) is 0 Å². The molecule has 0 fully saturated rings. The minimum atomic E-state index is -1.21. The molecule has 0 bridgehead atoms. The van der Waals surface area contributed by atoms with Gasteiger partial charge in [-0.25, -0.2) is 9.59 Å². The molecule has 1 N–H and O–H groups in total. The number of carbonyl (C=O) groups is 2. The Morgan fingerprint density at radius 1 is 1.26 bits per heavy atom. The summed E-state index contributed by atoms with van der Waals surface area (Å²) in [6.07, 6.45) is 1.85. The third-order valence-corrected chi connectivity index (χ3v) is 4.41. The van der Waals surface area contributed by atoms with E-state index in [0.29, 0.717) is 13.0 Å². The molecule has 1 atom stereocenters. The smallest absolute Gasteiger partial charge is 0.407 e. The zero-order valence-electron chi connectivity index (χ0n) is 12.7. The topological polar surface area (TPSA) is 64.6 Å². The van der Waals surface area contributed by atoms with Crippen LogP contribution in [0.25, 0.3) is 0 Å². The van der Waals surface area contributed by atoms with Gasteiger partial charge in [0.15, 0.2) is 0 Å². The summed E-state index contributed by atoms with van der Waals surface area (Å²) in [6, 6.07) is 0.308. The standard InChI is InChI=1S/C13H27NO4Si/c1-6-7-8-11(12(15)17-2)14-13(16)18-9-10-19(3,4)5/h11H,6-10H2,1-5H3,(H,14,16)/t11-/m0/s1. The number of alkyl carbamates (subject to hydrolysis) is 1. The highest BCUT2D eigenvalue weighted by Crippen LogP contribution is 2.08. The molecule has 0 radical (unpaired) electrons. The fourth-order valence-corrected chi connectivity index (χ4v) is 2.15. The SMILES string of the molecule is CCCC[C@H](NC(=O)OCC[Si](C)(C)C)C(=O)OC. The first kappa shape index (κ1) is 18.0. The monoisotopic (exact) mass is 289 g/mol. The molecule has 0 spiro atoms. The number of unbranched alkanes of at least 4 members (excludes halogenated alkanes) is 1. The second kappa shape index (κ2) is 8.96. The normalized spacial score (nSPS) is 12.7. The van der Waals surface area contributed by atoms with E-state index in [2.05, 4.69) is 29.7 Å². The maximum Gasteiger partial charge on any atom is 0.407 e. The van der Waals surface area contributed by atoms with Crippen LogP contribution in [0.2, 0.25) is 25.7 Å². The molecule has 0 heterocycles. The molecule has 0 aliphatic heterocycles. The van der Waals surface area contributed by atoms with Gasteiger partial charge in [0.25, 0.3) is 0 Å². The van der Waals surface area contributed by atoms with Gasteiger partial charge in [-0.15, -0.1) is 0 Å². The Hall–Kier alpha value is -1.04. The summed E-state index contributed by atoms with van der Waals surface area (Å²) < 4.78 is 9.77. The lowest BCUT2D eigenvalue weighted by molar-refractivity contribution is -0.143. The lowest BCUT2D eigenvalue weighted by Crippen LogP contribution is -2.42. The number of esters is 1. The molecule has 0 saturated heterocycles. The van der Waals surface area contributed by atoms with Crippen molar-refractivity contribution in [3.8, 4) is 0 Å². The average molecular weight is 289 g/mol. The average Bonchev–Trinajstić information content (AvgIpc) is 2.31. The summed E-state index contributed by atoms with van der Waals surface area (Å²) in [7, 11) is 0.109. The van der Waals surface area contributed by atoms with E-state index < -0.39 is 26.2 Å². The van der Waals surface area contributed by atoms with Gasteiger partial charge in [0.05, 0.1) is 13.7 Å². The second-order valence-electron chi connectivity index (χ2n) is 5.81. The number of rotatable bonds is 8. The highest BCUT2D eigenvalue weighted by molar-refractivity contribution is 6.76. The quantitative estimate of drug-likeness (QED) is 0.551. The molecular weight excluding hydrogens is 262 g/mol. The molecule has 0 saturated carbocycles. The number of hydrogen-bond acceptors (Lipinski definition) is 4. The van der Waals surface area contributed by atoms with Crippen LogP contribution in [0.15, 0.2) is 0 Å².